The Kier molecular flexibility index (Phi) is 5.71. The van der Waals surface area contributed by atoms with Crippen LogP contribution in [-0.2, 0) is 11.9 Å². The first-order chi connectivity index (χ1) is 14.5. The normalized spacial score (nSPS) is 11.4. The summed E-state index contributed by atoms with van der Waals surface area (Å²) >= 11 is 1.61. The van der Waals surface area contributed by atoms with E-state index in [-0.39, 0.29) is 17.6 Å². The number of hydrogen-bond acceptors (Lipinski definition) is 6. The van der Waals surface area contributed by atoms with Gasteiger partial charge in [0.15, 0.2) is 0 Å². The maximum Gasteiger partial charge on any atom is 0.416 e. The zero-order valence-corrected chi connectivity index (χ0v) is 16.2. The number of aromatic nitrogens is 3. The summed E-state index contributed by atoms with van der Waals surface area (Å²) in [7, 11) is 0. The lowest BCUT2D eigenvalue weighted by Crippen LogP contribution is -2.05. The van der Waals surface area contributed by atoms with Crippen LogP contribution in [0.4, 0.5) is 24.9 Å². The van der Waals surface area contributed by atoms with Crippen molar-refractivity contribution < 1.29 is 17.6 Å². The molecule has 2 aromatic carbocycles. The number of rotatable bonds is 6. The first-order valence-corrected chi connectivity index (χ1v) is 9.86. The summed E-state index contributed by atoms with van der Waals surface area (Å²) in [6.45, 7) is 0. The second kappa shape index (κ2) is 8.58. The largest absolute Gasteiger partial charge is 0.416 e. The molecule has 0 aliphatic rings. The third-order valence-corrected chi connectivity index (χ3v) is 5.27. The van der Waals surface area contributed by atoms with Gasteiger partial charge in [-0.25, -0.2) is 0 Å². The van der Waals surface area contributed by atoms with Gasteiger partial charge in [0, 0.05) is 28.7 Å². The van der Waals surface area contributed by atoms with Gasteiger partial charge in [0.05, 0.1) is 11.1 Å². The van der Waals surface area contributed by atoms with Crippen LogP contribution < -0.4 is 5.32 Å². The minimum absolute atomic E-state index is 0.0123. The highest BCUT2D eigenvalue weighted by atomic mass is 32.2. The minimum Gasteiger partial charge on any atom is -0.403 e. The van der Waals surface area contributed by atoms with Crippen molar-refractivity contribution in [2.45, 2.75) is 16.8 Å². The van der Waals surface area contributed by atoms with Gasteiger partial charge in [-0.3, -0.25) is 4.98 Å². The summed E-state index contributed by atoms with van der Waals surface area (Å²) in [6.07, 6.45) is -0.945. The predicted octanol–water partition coefficient (Wildman–Crippen LogP) is 6.19. The molecule has 30 heavy (non-hydrogen) atoms. The van der Waals surface area contributed by atoms with Gasteiger partial charge in [-0.15, -0.1) is 16.9 Å². The molecule has 152 valence electrons. The molecule has 0 bridgehead atoms. The molecule has 0 saturated heterocycles. The van der Waals surface area contributed by atoms with E-state index in [1.807, 2.05) is 36.4 Å². The Labute approximate surface area is 174 Å². The molecule has 9 heteroatoms. The number of nitrogens with one attached hydrogen (secondary N) is 1. The van der Waals surface area contributed by atoms with Crippen LogP contribution in [-0.4, -0.2) is 15.2 Å². The molecular weight excluding hydrogens is 413 g/mol. The van der Waals surface area contributed by atoms with Gasteiger partial charge in [-0.2, -0.15) is 13.2 Å². The second-order valence-electron chi connectivity index (χ2n) is 6.26. The van der Waals surface area contributed by atoms with E-state index in [1.165, 1.54) is 12.1 Å². The number of anilines is 2. The lowest BCUT2D eigenvalue weighted by Gasteiger charge is -2.08. The van der Waals surface area contributed by atoms with Crippen LogP contribution >= 0.6 is 11.8 Å². The molecule has 4 rings (SSSR count). The fourth-order valence-corrected chi connectivity index (χ4v) is 3.69. The Bertz CT molecular complexity index is 1130. The molecular formula is C21H15F3N4OS. The van der Waals surface area contributed by atoms with Crippen molar-refractivity contribution in [3.63, 3.8) is 0 Å². The van der Waals surface area contributed by atoms with Gasteiger partial charge >= 0.3 is 12.2 Å². The maximum atomic E-state index is 12.9. The lowest BCUT2D eigenvalue weighted by atomic mass is 10.2. The van der Waals surface area contributed by atoms with E-state index >= 15 is 0 Å². The Morgan fingerprint density at radius 3 is 2.53 bits per heavy atom. The Morgan fingerprint density at radius 1 is 0.933 bits per heavy atom. The van der Waals surface area contributed by atoms with Gasteiger partial charge < -0.3 is 9.73 Å². The summed E-state index contributed by atoms with van der Waals surface area (Å²) in [5.41, 5.74) is 1.33. The third-order valence-electron chi connectivity index (χ3n) is 4.13. The van der Waals surface area contributed by atoms with Crippen LogP contribution in [0.3, 0.4) is 0 Å². The standard InChI is InChI=1S/C21H15F3N4OS/c22-21(23,24)15-4-3-5-16(12-15)26-20-28-27-19(29-20)17-6-1-2-7-18(17)30-13-14-8-10-25-11-9-14/h1-12H,13H2,(H,26,28). The Morgan fingerprint density at radius 2 is 1.73 bits per heavy atom. The molecule has 0 radical (unpaired) electrons. The SMILES string of the molecule is FC(F)(F)c1cccc(Nc2nnc(-c3ccccc3SCc3ccncc3)o2)c1. The highest BCUT2D eigenvalue weighted by molar-refractivity contribution is 7.98. The van der Waals surface area contributed by atoms with Crippen molar-refractivity contribution >= 4 is 23.5 Å². The fraction of sp³-hybridized carbons (Fsp3) is 0.0952. The molecule has 0 fully saturated rings. The molecule has 0 aliphatic carbocycles. The zero-order chi connectivity index (χ0) is 21.0. The van der Waals surface area contributed by atoms with Crippen LogP contribution in [0.5, 0.6) is 0 Å². The third kappa shape index (κ3) is 4.80. The molecule has 0 atom stereocenters. The molecule has 0 saturated carbocycles. The van der Waals surface area contributed by atoms with Crippen molar-refractivity contribution in [1.29, 1.82) is 0 Å². The van der Waals surface area contributed by atoms with E-state index in [2.05, 4.69) is 20.5 Å². The van der Waals surface area contributed by atoms with Crippen molar-refractivity contribution in [1.82, 2.24) is 15.2 Å². The number of nitrogens with zero attached hydrogens (tertiary/aromatic N) is 3. The van der Waals surface area contributed by atoms with Crippen molar-refractivity contribution in [3.8, 4) is 11.5 Å². The highest BCUT2D eigenvalue weighted by Crippen LogP contribution is 2.34. The van der Waals surface area contributed by atoms with Crippen LogP contribution in [0.2, 0.25) is 0 Å². The fourth-order valence-electron chi connectivity index (χ4n) is 2.69. The first-order valence-electron chi connectivity index (χ1n) is 8.88. The van der Waals surface area contributed by atoms with E-state index in [4.69, 9.17) is 4.42 Å². The molecule has 5 nitrogen and oxygen atoms in total. The van der Waals surface area contributed by atoms with Gasteiger partial charge in [-0.1, -0.05) is 23.3 Å². The van der Waals surface area contributed by atoms with Gasteiger partial charge in [0.25, 0.3) is 5.89 Å². The molecule has 0 amide bonds. The van der Waals surface area contributed by atoms with Crippen LogP contribution in [0, 0.1) is 0 Å². The molecule has 0 spiro atoms. The molecule has 0 unspecified atom stereocenters. The second-order valence-corrected chi connectivity index (χ2v) is 7.27. The lowest BCUT2D eigenvalue weighted by molar-refractivity contribution is -0.137. The minimum atomic E-state index is -4.43. The number of benzene rings is 2. The molecule has 2 aromatic heterocycles. The number of hydrogen-bond donors (Lipinski definition) is 1. The smallest absolute Gasteiger partial charge is 0.403 e. The average molecular weight is 428 g/mol. The summed E-state index contributed by atoms with van der Waals surface area (Å²) in [5, 5.41) is 10.7. The predicted molar refractivity (Wildman–Crippen MR) is 108 cm³/mol. The molecule has 2 heterocycles. The van der Waals surface area contributed by atoms with Crippen LogP contribution in [0.15, 0.2) is 82.4 Å². The van der Waals surface area contributed by atoms with Crippen molar-refractivity contribution in [2.75, 3.05) is 5.32 Å². The van der Waals surface area contributed by atoms with Crippen molar-refractivity contribution in [3.05, 3.63) is 84.2 Å². The number of halogens is 3. The summed E-state index contributed by atoms with van der Waals surface area (Å²) in [4.78, 5) is 4.96. The van der Waals surface area contributed by atoms with Gasteiger partial charge in [0.2, 0.25) is 0 Å². The van der Waals surface area contributed by atoms with Crippen LogP contribution in [0.25, 0.3) is 11.5 Å². The van der Waals surface area contributed by atoms with E-state index in [0.717, 1.165) is 33.9 Å². The number of thioether (sulfide) groups is 1. The van der Waals surface area contributed by atoms with Crippen molar-refractivity contribution in [2.24, 2.45) is 0 Å². The van der Waals surface area contributed by atoms with E-state index in [9.17, 15) is 13.2 Å². The van der Waals surface area contributed by atoms with E-state index in [1.54, 1.807) is 24.2 Å². The zero-order valence-electron chi connectivity index (χ0n) is 15.4. The Hall–Kier alpha value is -3.33. The van der Waals surface area contributed by atoms with E-state index < -0.39 is 11.7 Å². The highest BCUT2D eigenvalue weighted by Gasteiger charge is 2.30. The monoisotopic (exact) mass is 428 g/mol. The first kappa shape index (κ1) is 20.0. The van der Waals surface area contributed by atoms with E-state index in [0.29, 0.717) is 0 Å². The molecule has 4 aromatic rings. The summed E-state index contributed by atoms with van der Waals surface area (Å²) in [5.74, 6) is 1.02. The molecule has 0 aliphatic heterocycles. The average Bonchev–Trinajstić information content (AvgIpc) is 3.21. The van der Waals surface area contributed by atoms with Gasteiger partial charge in [0.1, 0.15) is 0 Å². The summed E-state index contributed by atoms with van der Waals surface area (Å²) < 4.78 is 44.3. The topological polar surface area (TPSA) is 63.8 Å². The maximum absolute atomic E-state index is 12.9. The number of pyridine rings is 1. The molecule has 1 N–H and O–H groups in total. The van der Waals surface area contributed by atoms with Gasteiger partial charge in [-0.05, 0) is 48.0 Å². The Balaban J connectivity index is 1.52. The number of alkyl halides is 3. The van der Waals surface area contributed by atoms with Crippen LogP contribution in [0.1, 0.15) is 11.1 Å². The summed E-state index contributed by atoms with van der Waals surface area (Å²) in [6, 6.07) is 16.3. The quantitative estimate of drug-likeness (QED) is 0.370.